The zero-order chi connectivity index (χ0) is 13.8. The van der Waals surface area contributed by atoms with Crippen molar-refractivity contribution in [2.45, 2.75) is 13.2 Å². The minimum absolute atomic E-state index is 0.401. The van der Waals surface area contributed by atoms with Crippen molar-refractivity contribution < 1.29 is 17.9 Å². The Hall–Kier alpha value is -2.18. The summed E-state index contributed by atoms with van der Waals surface area (Å²) in [6.45, 7) is -2.64. The van der Waals surface area contributed by atoms with Gasteiger partial charge in [-0.3, -0.25) is 0 Å². The largest absolute Gasteiger partial charge is 0.432 e. The number of aryl methyl sites for hydroxylation is 1. The molecule has 0 amide bonds. The van der Waals surface area contributed by atoms with Crippen molar-refractivity contribution in [1.29, 1.82) is 0 Å². The number of nitrogens with one attached hydrogen (secondary N) is 1. The summed E-state index contributed by atoms with van der Waals surface area (Å²) in [5.74, 6) is -0.545. The Morgan fingerprint density at radius 1 is 1.42 bits per heavy atom. The summed E-state index contributed by atoms with van der Waals surface area (Å²) in [6.07, 6.45) is 3.44. The number of anilines is 1. The molecule has 0 radical (unpaired) electrons. The van der Waals surface area contributed by atoms with E-state index in [0.29, 0.717) is 12.2 Å². The SMILES string of the molecule is Cn1ccnc1CNc1ccc(OC(F)F)c(F)c1. The van der Waals surface area contributed by atoms with E-state index in [1.807, 2.05) is 11.6 Å². The molecule has 0 aliphatic rings. The Morgan fingerprint density at radius 2 is 2.21 bits per heavy atom. The molecule has 102 valence electrons. The molecule has 2 aromatic rings. The molecule has 0 aliphatic heterocycles. The van der Waals surface area contributed by atoms with Gasteiger partial charge >= 0.3 is 6.61 Å². The first kappa shape index (κ1) is 13.3. The predicted molar refractivity (Wildman–Crippen MR) is 63.6 cm³/mol. The van der Waals surface area contributed by atoms with Gasteiger partial charge in [-0.2, -0.15) is 8.78 Å². The molecule has 4 nitrogen and oxygen atoms in total. The number of halogens is 3. The molecule has 0 atom stereocenters. The number of imidazole rings is 1. The zero-order valence-electron chi connectivity index (χ0n) is 10.1. The van der Waals surface area contributed by atoms with Crippen LogP contribution in [0, 0.1) is 5.82 Å². The van der Waals surface area contributed by atoms with Gasteiger partial charge < -0.3 is 14.6 Å². The summed E-state index contributed by atoms with van der Waals surface area (Å²) in [4.78, 5) is 4.09. The maximum atomic E-state index is 13.4. The molecule has 0 aliphatic carbocycles. The van der Waals surface area contributed by atoms with E-state index in [4.69, 9.17) is 0 Å². The van der Waals surface area contributed by atoms with E-state index in [9.17, 15) is 13.2 Å². The molecule has 0 bridgehead atoms. The van der Waals surface area contributed by atoms with Crippen LogP contribution in [-0.4, -0.2) is 16.2 Å². The van der Waals surface area contributed by atoms with E-state index >= 15 is 0 Å². The number of hydrogen-bond acceptors (Lipinski definition) is 3. The summed E-state index contributed by atoms with van der Waals surface area (Å²) in [7, 11) is 1.84. The lowest BCUT2D eigenvalue weighted by atomic mass is 10.3. The highest BCUT2D eigenvalue weighted by Gasteiger charge is 2.10. The molecule has 1 N–H and O–H groups in total. The predicted octanol–water partition coefficient (Wildman–Crippen LogP) is 2.77. The number of ether oxygens (including phenoxy) is 1. The second kappa shape index (κ2) is 5.64. The van der Waals surface area contributed by atoms with Crippen LogP contribution in [0.5, 0.6) is 5.75 Å². The minimum Gasteiger partial charge on any atom is -0.432 e. The molecule has 19 heavy (non-hydrogen) atoms. The average Bonchev–Trinajstić information content (AvgIpc) is 2.75. The van der Waals surface area contributed by atoms with Gasteiger partial charge in [0.05, 0.1) is 6.54 Å². The molecular formula is C12H12F3N3O. The van der Waals surface area contributed by atoms with Gasteiger partial charge in [0.15, 0.2) is 11.6 Å². The van der Waals surface area contributed by atoms with Crippen molar-refractivity contribution in [3.8, 4) is 5.75 Å². The molecule has 0 fully saturated rings. The second-order valence-corrected chi connectivity index (χ2v) is 3.83. The third kappa shape index (κ3) is 3.40. The fourth-order valence-corrected chi connectivity index (χ4v) is 1.55. The van der Waals surface area contributed by atoms with E-state index in [2.05, 4.69) is 15.0 Å². The maximum absolute atomic E-state index is 13.4. The van der Waals surface area contributed by atoms with Crippen molar-refractivity contribution in [3.05, 3.63) is 42.2 Å². The molecule has 1 heterocycles. The molecule has 1 aromatic heterocycles. The smallest absolute Gasteiger partial charge is 0.387 e. The van der Waals surface area contributed by atoms with E-state index in [0.717, 1.165) is 18.0 Å². The molecule has 1 aromatic carbocycles. The van der Waals surface area contributed by atoms with Crippen LogP contribution in [0.15, 0.2) is 30.6 Å². The van der Waals surface area contributed by atoms with E-state index < -0.39 is 18.2 Å². The topological polar surface area (TPSA) is 39.1 Å². The number of alkyl halides is 2. The summed E-state index contributed by atoms with van der Waals surface area (Å²) in [5.41, 5.74) is 0.460. The highest BCUT2D eigenvalue weighted by Crippen LogP contribution is 2.23. The fraction of sp³-hybridized carbons (Fsp3) is 0.250. The highest BCUT2D eigenvalue weighted by molar-refractivity contribution is 5.47. The van der Waals surface area contributed by atoms with Crippen LogP contribution >= 0.6 is 0 Å². The van der Waals surface area contributed by atoms with Crippen LogP contribution in [0.2, 0.25) is 0 Å². The molecule has 0 spiro atoms. The summed E-state index contributed by atoms with van der Waals surface area (Å²) in [6, 6.07) is 3.71. The monoisotopic (exact) mass is 271 g/mol. The van der Waals surface area contributed by atoms with Gasteiger partial charge in [0.2, 0.25) is 0 Å². The Bertz CT molecular complexity index is 557. The van der Waals surface area contributed by atoms with Gasteiger partial charge in [-0.15, -0.1) is 0 Å². The van der Waals surface area contributed by atoms with Crippen molar-refractivity contribution >= 4 is 5.69 Å². The first-order valence-corrected chi connectivity index (χ1v) is 5.50. The van der Waals surface area contributed by atoms with Crippen LogP contribution in [-0.2, 0) is 13.6 Å². The maximum Gasteiger partial charge on any atom is 0.387 e. The van der Waals surface area contributed by atoms with Gasteiger partial charge in [0.1, 0.15) is 5.82 Å². The van der Waals surface area contributed by atoms with Gasteiger partial charge in [-0.25, -0.2) is 9.37 Å². The van der Waals surface area contributed by atoms with Crippen molar-refractivity contribution in [2.24, 2.45) is 7.05 Å². The second-order valence-electron chi connectivity index (χ2n) is 3.83. The minimum atomic E-state index is -3.04. The third-order valence-corrected chi connectivity index (χ3v) is 2.52. The number of hydrogen-bond donors (Lipinski definition) is 1. The Labute approximate surface area is 107 Å². The van der Waals surface area contributed by atoms with E-state index in [1.165, 1.54) is 6.07 Å². The van der Waals surface area contributed by atoms with Crippen LogP contribution in [0.1, 0.15) is 5.82 Å². The first-order valence-electron chi connectivity index (χ1n) is 5.50. The highest BCUT2D eigenvalue weighted by atomic mass is 19.3. The lowest BCUT2D eigenvalue weighted by molar-refractivity contribution is -0.0521. The molecule has 0 saturated heterocycles. The number of nitrogens with zero attached hydrogens (tertiary/aromatic N) is 2. The number of rotatable bonds is 5. The Balaban J connectivity index is 2.02. The molecule has 2 rings (SSSR count). The Morgan fingerprint density at radius 3 is 2.79 bits per heavy atom. The summed E-state index contributed by atoms with van der Waals surface area (Å²) >= 11 is 0. The van der Waals surface area contributed by atoms with Crippen molar-refractivity contribution in [1.82, 2.24) is 9.55 Å². The van der Waals surface area contributed by atoms with E-state index in [1.54, 1.807) is 12.4 Å². The summed E-state index contributed by atoms with van der Waals surface area (Å²) in [5, 5.41) is 2.94. The molecule has 7 heteroatoms. The summed E-state index contributed by atoms with van der Waals surface area (Å²) < 4.78 is 43.2. The normalized spacial score (nSPS) is 10.8. The van der Waals surface area contributed by atoms with Gasteiger partial charge in [0, 0.05) is 31.2 Å². The molecule has 0 unspecified atom stereocenters. The van der Waals surface area contributed by atoms with Gasteiger partial charge in [0.25, 0.3) is 0 Å². The van der Waals surface area contributed by atoms with Crippen molar-refractivity contribution in [3.63, 3.8) is 0 Å². The average molecular weight is 271 g/mol. The molecular weight excluding hydrogens is 259 g/mol. The quantitative estimate of drug-likeness (QED) is 0.908. The number of aromatic nitrogens is 2. The lowest BCUT2D eigenvalue weighted by Gasteiger charge is -2.09. The zero-order valence-corrected chi connectivity index (χ0v) is 10.1. The van der Waals surface area contributed by atoms with Crippen molar-refractivity contribution in [2.75, 3.05) is 5.32 Å². The third-order valence-electron chi connectivity index (χ3n) is 2.52. The Kier molecular flexibility index (Phi) is 3.94. The lowest BCUT2D eigenvalue weighted by Crippen LogP contribution is -2.07. The number of benzene rings is 1. The molecule has 0 saturated carbocycles. The first-order chi connectivity index (χ1) is 9.06. The fourth-order valence-electron chi connectivity index (χ4n) is 1.55. The van der Waals surface area contributed by atoms with Crippen LogP contribution < -0.4 is 10.1 Å². The van der Waals surface area contributed by atoms with Crippen LogP contribution in [0.4, 0.5) is 18.9 Å². The van der Waals surface area contributed by atoms with Crippen LogP contribution in [0.3, 0.4) is 0 Å². The van der Waals surface area contributed by atoms with Crippen LogP contribution in [0.25, 0.3) is 0 Å². The van der Waals surface area contributed by atoms with Gasteiger partial charge in [-0.05, 0) is 12.1 Å². The van der Waals surface area contributed by atoms with Gasteiger partial charge in [-0.1, -0.05) is 0 Å². The standard InChI is InChI=1S/C12H12F3N3O/c1-18-5-4-16-11(18)7-17-8-2-3-10(9(13)6-8)19-12(14)15/h2-6,12,17H,7H2,1H3. The van der Waals surface area contributed by atoms with E-state index in [-0.39, 0.29) is 0 Å².